The Balaban J connectivity index is 2.14. The van der Waals surface area contributed by atoms with E-state index in [1.807, 2.05) is 0 Å². The Labute approximate surface area is 130 Å². The summed E-state index contributed by atoms with van der Waals surface area (Å²) in [5.41, 5.74) is 9.21. The van der Waals surface area contributed by atoms with Gasteiger partial charge in [0.25, 0.3) is 0 Å². The molecular formula is C19H32N2. The fourth-order valence-electron chi connectivity index (χ4n) is 3.67. The Hall–Kier alpha value is -0.860. The molecule has 118 valence electrons. The third-order valence-corrected chi connectivity index (χ3v) is 5.17. The van der Waals surface area contributed by atoms with Gasteiger partial charge in [-0.25, -0.2) is 0 Å². The van der Waals surface area contributed by atoms with E-state index in [1.54, 1.807) is 0 Å². The molecule has 1 saturated heterocycles. The Morgan fingerprint density at radius 1 is 1.24 bits per heavy atom. The molecule has 1 aromatic carbocycles. The van der Waals surface area contributed by atoms with Crippen molar-refractivity contribution in [3.8, 4) is 0 Å². The second-order valence-corrected chi connectivity index (χ2v) is 7.05. The van der Waals surface area contributed by atoms with Gasteiger partial charge in [0.05, 0.1) is 0 Å². The Kier molecular flexibility index (Phi) is 5.83. The summed E-state index contributed by atoms with van der Waals surface area (Å²) < 4.78 is 0. The summed E-state index contributed by atoms with van der Waals surface area (Å²) in [6.07, 6.45) is 3.66. The number of hydrogen-bond acceptors (Lipinski definition) is 2. The molecule has 0 amide bonds. The summed E-state index contributed by atoms with van der Waals surface area (Å²) in [4.78, 5) is 2.63. The van der Waals surface area contributed by atoms with Crippen LogP contribution < -0.4 is 5.73 Å². The molecule has 2 atom stereocenters. The molecule has 0 bridgehead atoms. The molecular weight excluding hydrogens is 256 g/mol. The van der Waals surface area contributed by atoms with Gasteiger partial charge in [0.15, 0.2) is 0 Å². The molecule has 0 saturated carbocycles. The van der Waals surface area contributed by atoms with Crippen molar-refractivity contribution < 1.29 is 0 Å². The maximum Gasteiger partial charge on any atom is 0.0499 e. The highest BCUT2D eigenvalue weighted by Gasteiger charge is 2.30. The van der Waals surface area contributed by atoms with Gasteiger partial charge in [-0.3, -0.25) is 4.90 Å². The summed E-state index contributed by atoms with van der Waals surface area (Å²) in [6.45, 7) is 11.5. The zero-order valence-corrected chi connectivity index (χ0v) is 14.2. The zero-order valence-electron chi connectivity index (χ0n) is 14.2. The predicted molar refractivity (Wildman–Crippen MR) is 91.3 cm³/mol. The molecule has 2 N–H and O–H groups in total. The number of piperidine rings is 1. The number of nitrogens with two attached hydrogens (primary N) is 1. The smallest absolute Gasteiger partial charge is 0.0499 e. The van der Waals surface area contributed by atoms with Crippen LogP contribution in [0, 0.1) is 18.8 Å². The van der Waals surface area contributed by atoms with Crippen LogP contribution in [0.1, 0.15) is 57.2 Å². The lowest BCUT2D eigenvalue weighted by molar-refractivity contribution is 0.0993. The topological polar surface area (TPSA) is 29.3 Å². The van der Waals surface area contributed by atoms with E-state index in [4.69, 9.17) is 5.73 Å². The molecule has 0 aliphatic carbocycles. The number of rotatable bonds is 5. The van der Waals surface area contributed by atoms with E-state index < -0.39 is 0 Å². The number of benzene rings is 1. The summed E-state index contributed by atoms with van der Waals surface area (Å²) in [6, 6.07) is 9.51. The minimum atomic E-state index is 0.224. The standard InChI is InChI=1S/C19H32N2/c1-5-18(20)19(17-8-6-7-15(4)13-17)21-11-9-16(10-12-21)14(2)3/h6-8,13-14,16,18-19H,5,9-12,20H2,1-4H3. The van der Waals surface area contributed by atoms with Crippen molar-refractivity contribution in [2.24, 2.45) is 17.6 Å². The number of hydrogen-bond donors (Lipinski definition) is 1. The van der Waals surface area contributed by atoms with Crippen LogP contribution in [0.3, 0.4) is 0 Å². The van der Waals surface area contributed by atoms with Crippen LogP contribution in [0.15, 0.2) is 24.3 Å². The first kappa shape index (κ1) is 16.5. The van der Waals surface area contributed by atoms with E-state index in [1.165, 1.54) is 37.1 Å². The highest BCUT2D eigenvalue weighted by atomic mass is 15.2. The van der Waals surface area contributed by atoms with Crippen molar-refractivity contribution in [3.63, 3.8) is 0 Å². The van der Waals surface area contributed by atoms with Crippen molar-refractivity contribution in [3.05, 3.63) is 35.4 Å². The summed E-state index contributed by atoms with van der Waals surface area (Å²) in [5.74, 6) is 1.70. The van der Waals surface area contributed by atoms with Gasteiger partial charge in [-0.1, -0.05) is 50.6 Å². The molecule has 0 spiro atoms. The van der Waals surface area contributed by atoms with Gasteiger partial charge in [0.1, 0.15) is 0 Å². The second-order valence-electron chi connectivity index (χ2n) is 7.05. The lowest BCUT2D eigenvalue weighted by Gasteiger charge is -2.41. The van der Waals surface area contributed by atoms with E-state index in [0.29, 0.717) is 6.04 Å². The molecule has 2 rings (SSSR count). The number of aryl methyl sites for hydroxylation is 1. The molecule has 2 nitrogen and oxygen atoms in total. The van der Waals surface area contributed by atoms with Crippen molar-refractivity contribution >= 4 is 0 Å². The Morgan fingerprint density at radius 2 is 1.90 bits per heavy atom. The monoisotopic (exact) mass is 288 g/mol. The normalized spacial score (nSPS) is 20.7. The first-order valence-corrected chi connectivity index (χ1v) is 8.59. The minimum absolute atomic E-state index is 0.224. The minimum Gasteiger partial charge on any atom is -0.326 e. The Bertz CT molecular complexity index is 433. The van der Waals surface area contributed by atoms with Crippen LogP contribution in [0.5, 0.6) is 0 Å². The molecule has 1 aromatic rings. The van der Waals surface area contributed by atoms with Gasteiger partial charge < -0.3 is 5.73 Å². The van der Waals surface area contributed by atoms with Crippen LogP contribution in [-0.4, -0.2) is 24.0 Å². The van der Waals surface area contributed by atoms with E-state index >= 15 is 0 Å². The molecule has 1 aliphatic rings. The molecule has 1 heterocycles. The van der Waals surface area contributed by atoms with Gasteiger partial charge in [0.2, 0.25) is 0 Å². The molecule has 21 heavy (non-hydrogen) atoms. The van der Waals surface area contributed by atoms with E-state index in [0.717, 1.165) is 18.3 Å². The lowest BCUT2D eigenvalue weighted by atomic mass is 9.85. The first-order chi connectivity index (χ1) is 10.0. The highest BCUT2D eigenvalue weighted by Crippen LogP contribution is 2.32. The van der Waals surface area contributed by atoms with Crippen molar-refractivity contribution in [2.45, 2.75) is 59.0 Å². The van der Waals surface area contributed by atoms with Gasteiger partial charge in [-0.05, 0) is 56.7 Å². The van der Waals surface area contributed by atoms with Crippen LogP contribution in [0.2, 0.25) is 0 Å². The summed E-state index contributed by atoms with van der Waals surface area (Å²) in [5, 5.41) is 0. The molecule has 1 fully saturated rings. The van der Waals surface area contributed by atoms with Crippen molar-refractivity contribution in [1.29, 1.82) is 0 Å². The van der Waals surface area contributed by atoms with Crippen LogP contribution in [-0.2, 0) is 0 Å². The maximum absolute atomic E-state index is 6.48. The predicted octanol–water partition coefficient (Wildman–Crippen LogP) is 4.14. The van der Waals surface area contributed by atoms with Gasteiger partial charge in [0, 0.05) is 12.1 Å². The van der Waals surface area contributed by atoms with E-state index in [-0.39, 0.29) is 6.04 Å². The second kappa shape index (κ2) is 7.42. The third-order valence-electron chi connectivity index (χ3n) is 5.17. The third kappa shape index (κ3) is 4.08. The summed E-state index contributed by atoms with van der Waals surface area (Å²) in [7, 11) is 0. The highest BCUT2D eigenvalue weighted by molar-refractivity contribution is 5.26. The molecule has 2 heteroatoms. The van der Waals surface area contributed by atoms with Crippen LogP contribution in [0.25, 0.3) is 0 Å². The van der Waals surface area contributed by atoms with Crippen LogP contribution >= 0.6 is 0 Å². The fraction of sp³-hybridized carbons (Fsp3) is 0.684. The quantitative estimate of drug-likeness (QED) is 0.882. The molecule has 1 aliphatic heterocycles. The SMILES string of the molecule is CCC(N)C(c1cccc(C)c1)N1CCC(C(C)C)CC1. The first-order valence-electron chi connectivity index (χ1n) is 8.59. The van der Waals surface area contributed by atoms with Crippen LogP contribution in [0.4, 0.5) is 0 Å². The van der Waals surface area contributed by atoms with E-state index in [9.17, 15) is 0 Å². The van der Waals surface area contributed by atoms with Crippen molar-refractivity contribution in [1.82, 2.24) is 4.90 Å². The Morgan fingerprint density at radius 3 is 2.43 bits per heavy atom. The average Bonchev–Trinajstić information content (AvgIpc) is 2.48. The maximum atomic E-state index is 6.48. The summed E-state index contributed by atoms with van der Waals surface area (Å²) >= 11 is 0. The van der Waals surface area contributed by atoms with E-state index in [2.05, 4.69) is 56.9 Å². The van der Waals surface area contributed by atoms with Gasteiger partial charge in [-0.2, -0.15) is 0 Å². The molecule has 2 unspecified atom stereocenters. The van der Waals surface area contributed by atoms with Gasteiger partial charge >= 0.3 is 0 Å². The van der Waals surface area contributed by atoms with Gasteiger partial charge in [-0.15, -0.1) is 0 Å². The molecule has 0 radical (unpaired) electrons. The largest absolute Gasteiger partial charge is 0.326 e. The average molecular weight is 288 g/mol. The lowest BCUT2D eigenvalue weighted by Crippen LogP contribution is -2.45. The number of likely N-dealkylation sites (tertiary alicyclic amines) is 1. The fourth-order valence-corrected chi connectivity index (χ4v) is 3.67. The molecule has 0 aromatic heterocycles. The number of nitrogens with zero attached hydrogens (tertiary/aromatic N) is 1. The zero-order chi connectivity index (χ0) is 15.4. The van der Waals surface area contributed by atoms with Crippen molar-refractivity contribution in [2.75, 3.05) is 13.1 Å².